The molecule has 0 bridgehead atoms. The molecular formula is C13H10O2. The van der Waals surface area contributed by atoms with Crippen molar-refractivity contribution in [3.8, 4) is 0 Å². The second-order valence-electron chi connectivity index (χ2n) is 3.40. The van der Waals surface area contributed by atoms with Crippen molar-refractivity contribution in [2.45, 2.75) is 6.42 Å². The molecule has 0 atom stereocenters. The van der Waals surface area contributed by atoms with E-state index in [-0.39, 0.29) is 0 Å². The number of hydrogen-bond acceptors (Lipinski definition) is 2. The highest BCUT2D eigenvalue weighted by Gasteiger charge is 2.04. The average molecular weight is 198 g/mol. The first-order valence-corrected chi connectivity index (χ1v) is 4.75. The molecule has 0 saturated heterocycles. The summed E-state index contributed by atoms with van der Waals surface area (Å²) in [5.41, 5.74) is 1.02. The summed E-state index contributed by atoms with van der Waals surface area (Å²) in [6, 6.07) is 7.76. The van der Waals surface area contributed by atoms with Crippen molar-refractivity contribution in [2.24, 2.45) is 0 Å². The number of carbonyl (C=O) groups is 2. The zero-order chi connectivity index (χ0) is 10.7. The lowest BCUT2D eigenvalue weighted by Crippen LogP contribution is -2.22. The van der Waals surface area contributed by atoms with Crippen molar-refractivity contribution in [3.63, 3.8) is 0 Å². The SMILES string of the molecule is O=CC1=C(C=O)CC=c2ccccc2=C1. The molecule has 0 spiro atoms. The van der Waals surface area contributed by atoms with Crippen LogP contribution < -0.4 is 10.4 Å². The molecule has 0 aliphatic heterocycles. The molecule has 1 aliphatic rings. The minimum atomic E-state index is 0.478. The monoisotopic (exact) mass is 198 g/mol. The first-order valence-electron chi connectivity index (χ1n) is 4.75. The van der Waals surface area contributed by atoms with Gasteiger partial charge in [-0.1, -0.05) is 30.3 Å². The summed E-state index contributed by atoms with van der Waals surface area (Å²) >= 11 is 0. The minimum absolute atomic E-state index is 0.478. The molecule has 0 aromatic heterocycles. The molecule has 0 heterocycles. The number of benzene rings is 1. The van der Waals surface area contributed by atoms with Crippen LogP contribution in [0.2, 0.25) is 0 Å². The Kier molecular flexibility index (Phi) is 2.59. The highest BCUT2D eigenvalue weighted by molar-refractivity contribution is 5.96. The lowest BCUT2D eigenvalue weighted by atomic mass is 10.1. The van der Waals surface area contributed by atoms with Gasteiger partial charge < -0.3 is 0 Å². The van der Waals surface area contributed by atoms with Crippen LogP contribution >= 0.6 is 0 Å². The zero-order valence-electron chi connectivity index (χ0n) is 8.14. The smallest absolute Gasteiger partial charge is 0.150 e. The van der Waals surface area contributed by atoms with Crippen LogP contribution in [-0.4, -0.2) is 12.6 Å². The molecule has 0 unspecified atom stereocenters. The van der Waals surface area contributed by atoms with E-state index in [2.05, 4.69) is 0 Å². The number of allylic oxidation sites excluding steroid dienone is 2. The van der Waals surface area contributed by atoms with E-state index in [1.54, 1.807) is 6.08 Å². The van der Waals surface area contributed by atoms with Gasteiger partial charge in [0.2, 0.25) is 0 Å². The van der Waals surface area contributed by atoms with Crippen molar-refractivity contribution in [3.05, 3.63) is 45.8 Å². The van der Waals surface area contributed by atoms with E-state index in [0.717, 1.165) is 23.0 Å². The maximum absolute atomic E-state index is 10.8. The summed E-state index contributed by atoms with van der Waals surface area (Å²) in [7, 11) is 0. The number of aldehydes is 2. The van der Waals surface area contributed by atoms with Crippen LogP contribution in [0.5, 0.6) is 0 Å². The zero-order valence-corrected chi connectivity index (χ0v) is 8.14. The van der Waals surface area contributed by atoms with Crippen LogP contribution in [-0.2, 0) is 9.59 Å². The van der Waals surface area contributed by atoms with Gasteiger partial charge in [0, 0.05) is 11.1 Å². The second kappa shape index (κ2) is 4.05. The second-order valence-corrected chi connectivity index (χ2v) is 3.40. The molecule has 0 N–H and O–H groups in total. The first kappa shape index (κ1) is 9.59. The van der Waals surface area contributed by atoms with E-state index < -0.39 is 0 Å². The van der Waals surface area contributed by atoms with Crippen molar-refractivity contribution in [1.82, 2.24) is 0 Å². The molecule has 1 aromatic carbocycles. The average Bonchev–Trinajstić information content (AvgIpc) is 2.47. The molecule has 0 radical (unpaired) electrons. The maximum atomic E-state index is 10.8. The summed E-state index contributed by atoms with van der Waals surface area (Å²) in [4.78, 5) is 21.6. The Morgan fingerprint density at radius 3 is 2.40 bits per heavy atom. The predicted octanol–water partition coefficient (Wildman–Crippen LogP) is 0.346. The summed E-state index contributed by atoms with van der Waals surface area (Å²) in [5.74, 6) is 0. The number of fused-ring (bicyclic) bond motifs is 1. The molecule has 0 saturated carbocycles. The van der Waals surface area contributed by atoms with E-state index in [9.17, 15) is 9.59 Å². The molecule has 2 rings (SSSR count). The molecule has 2 heteroatoms. The highest BCUT2D eigenvalue weighted by atomic mass is 16.1. The summed E-state index contributed by atoms with van der Waals surface area (Å²) < 4.78 is 0. The predicted molar refractivity (Wildman–Crippen MR) is 58.4 cm³/mol. The standard InChI is InChI=1S/C13H10O2/c14-8-12-6-5-10-3-1-2-4-11(10)7-13(12)9-15/h1-5,7-9H,6H2. The van der Waals surface area contributed by atoms with Crippen molar-refractivity contribution in [2.75, 3.05) is 0 Å². The van der Waals surface area contributed by atoms with Crippen molar-refractivity contribution < 1.29 is 9.59 Å². The Hall–Kier alpha value is -1.96. The van der Waals surface area contributed by atoms with E-state index >= 15 is 0 Å². The number of hydrogen-bond donors (Lipinski definition) is 0. The fourth-order valence-electron chi connectivity index (χ4n) is 1.65. The van der Waals surface area contributed by atoms with Crippen LogP contribution in [0.3, 0.4) is 0 Å². The Morgan fingerprint density at radius 2 is 1.73 bits per heavy atom. The normalized spacial score (nSPS) is 14.4. The van der Waals surface area contributed by atoms with Gasteiger partial charge in [-0.3, -0.25) is 9.59 Å². The molecule has 0 fully saturated rings. The quantitative estimate of drug-likeness (QED) is 0.642. The molecule has 0 amide bonds. The van der Waals surface area contributed by atoms with Gasteiger partial charge in [0.05, 0.1) is 0 Å². The van der Waals surface area contributed by atoms with Gasteiger partial charge in [0.15, 0.2) is 0 Å². The summed E-state index contributed by atoms with van der Waals surface area (Å²) in [6.45, 7) is 0. The van der Waals surface area contributed by atoms with Crippen LogP contribution in [0.15, 0.2) is 35.4 Å². The summed E-state index contributed by atoms with van der Waals surface area (Å²) in [6.07, 6.45) is 5.73. The molecular weight excluding hydrogens is 188 g/mol. The third-order valence-corrected chi connectivity index (χ3v) is 2.49. The number of carbonyl (C=O) groups excluding carboxylic acids is 2. The lowest BCUT2D eigenvalue weighted by molar-refractivity contribution is -0.107. The van der Waals surface area contributed by atoms with Crippen LogP contribution in [0, 0.1) is 0 Å². The third kappa shape index (κ3) is 1.79. The topological polar surface area (TPSA) is 34.1 Å². The third-order valence-electron chi connectivity index (χ3n) is 2.49. The van der Waals surface area contributed by atoms with Gasteiger partial charge in [-0.05, 0) is 22.9 Å². The van der Waals surface area contributed by atoms with Crippen molar-refractivity contribution >= 4 is 24.7 Å². The van der Waals surface area contributed by atoms with Gasteiger partial charge in [-0.25, -0.2) is 0 Å². The van der Waals surface area contributed by atoms with Gasteiger partial charge in [-0.15, -0.1) is 0 Å². The highest BCUT2D eigenvalue weighted by Crippen LogP contribution is 2.08. The van der Waals surface area contributed by atoms with Gasteiger partial charge in [0.25, 0.3) is 0 Å². The number of rotatable bonds is 2. The molecule has 1 aliphatic carbocycles. The van der Waals surface area contributed by atoms with Gasteiger partial charge in [0.1, 0.15) is 12.6 Å². The molecule has 74 valence electrons. The van der Waals surface area contributed by atoms with E-state index in [1.165, 1.54) is 0 Å². The van der Waals surface area contributed by atoms with Gasteiger partial charge in [-0.2, -0.15) is 0 Å². The Balaban J connectivity index is 2.73. The largest absolute Gasteiger partial charge is 0.298 e. The van der Waals surface area contributed by atoms with Gasteiger partial charge >= 0.3 is 0 Å². The Morgan fingerprint density at radius 1 is 1.00 bits per heavy atom. The maximum Gasteiger partial charge on any atom is 0.150 e. The Labute approximate surface area is 87.2 Å². The van der Waals surface area contributed by atoms with E-state index in [1.807, 2.05) is 30.3 Å². The molecule has 1 aromatic rings. The fraction of sp³-hybridized carbons (Fsp3) is 0.0769. The Bertz CT molecular complexity index is 550. The van der Waals surface area contributed by atoms with E-state index in [4.69, 9.17) is 0 Å². The fourth-order valence-corrected chi connectivity index (χ4v) is 1.65. The lowest BCUT2D eigenvalue weighted by Gasteiger charge is -1.94. The molecule has 15 heavy (non-hydrogen) atoms. The van der Waals surface area contributed by atoms with E-state index in [0.29, 0.717) is 17.6 Å². The minimum Gasteiger partial charge on any atom is -0.298 e. The van der Waals surface area contributed by atoms with Crippen LogP contribution in [0.4, 0.5) is 0 Å². The summed E-state index contributed by atoms with van der Waals surface area (Å²) in [5, 5.41) is 2.05. The van der Waals surface area contributed by atoms with Crippen molar-refractivity contribution in [1.29, 1.82) is 0 Å². The van der Waals surface area contributed by atoms with Crippen LogP contribution in [0.25, 0.3) is 12.2 Å². The van der Waals surface area contributed by atoms with Crippen LogP contribution in [0.1, 0.15) is 6.42 Å². The first-order chi connectivity index (χ1) is 7.35. The molecule has 2 nitrogen and oxygen atoms in total.